The average molecular weight is 404 g/mol. The fourth-order valence-electron chi connectivity index (χ4n) is 2.14. The molecular formula is C19H27ClFNO3S. The molecule has 1 aromatic carbocycles. The Balaban J connectivity index is 2.95. The van der Waals surface area contributed by atoms with Crippen LogP contribution in [0.1, 0.15) is 53.9 Å². The standard InChI is InChI=1S/C19H27ClFNO3S/c1-6-8-25-18(24)15(7-2)26-16-10-14(13(21)9-12(16)20)22-17(23)11-19(3,4)5/h9-10,15H,6-8,11H2,1-5H3,(H,22,23). The second kappa shape index (κ2) is 10.2. The van der Waals surface area contributed by atoms with Crippen LogP contribution in [0.3, 0.4) is 0 Å². The van der Waals surface area contributed by atoms with Crippen molar-refractivity contribution < 1.29 is 18.7 Å². The van der Waals surface area contributed by atoms with E-state index in [0.717, 1.165) is 12.5 Å². The number of carbonyl (C=O) groups is 2. The Morgan fingerprint density at radius 3 is 2.50 bits per heavy atom. The molecule has 1 N–H and O–H groups in total. The van der Waals surface area contributed by atoms with Crippen molar-refractivity contribution in [2.24, 2.45) is 5.41 Å². The number of ether oxygens (including phenoxy) is 1. The zero-order valence-corrected chi connectivity index (χ0v) is 17.5. The lowest BCUT2D eigenvalue weighted by Crippen LogP contribution is -2.21. The Morgan fingerprint density at radius 1 is 1.31 bits per heavy atom. The molecule has 1 rings (SSSR count). The number of benzene rings is 1. The highest BCUT2D eigenvalue weighted by Crippen LogP contribution is 2.36. The molecule has 1 unspecified atom stereocenters. The van der Waals surface area contributed by atoms with Gasteiger partial charge in [-0.1, -0.05) is 46.2 Å². The minimum Gasteiger partial charge on any atom is -0.465 e. The lowest BCUT2D eigenvalue weighted by molar-refractivity contribution is -0.143. The van der Waals surface area contributed by atoms with Crippen molar-refractivity contribution in [2.75, 3.05) is 11.9 Å². The monoisotopic (exact) mass is 403 g/mol. The van der Waals surface area contributed by atoms with Gasteiger partial charge in [-0.05, 0) is 30.4 Å². The molecule has 0 aliphatic rings. The zero-order chi connectivity index (χ0) is 19.9. The van der Waals surface area contributed by atoms with Crippen molar-refractivity contribution in [2.45, 2.75) is 64.0 Å². The number of hydrogen-bond acceptors (Lipinski definition) is 4. The van der Waals surface area contributed by atoms with Crippen LogP contribution in [0.25, 0.3) is 0 Å². The van der Waals surface area contributed by atoms with E-state index in [-0.39, 0.29) is 34.4 Å². The average Bonchev–Trinajstić information content (AvgIpc) is 2.52. The van der Waals surface area contributed by atoms with Gasteiger partial charge >= 0.3 is 5.97 Å². The SMILES string of the molecule is CCCOC(=O)C(CC)Sc1cc(NC(=O)CC(C)(C)C)c(F)cc1Cl. The first-order valence-electron chi connectivity index (χ1n) is 8.69. The van der Waals surface area contributed by atoms with Crippen LogP contribution in [0.5, 0.6) is 0 Å². The highest BCUT2D eigenvalue weighted by molar-refractivity contribution is 8.00. The molecular weight excluding hydrogens is 377 g/mol. The van der Waals surface area contributed by atoms with Gasteiger partial charge in [0.05, 0.1) is 17.3 Å². The maximum atomic E-state index is 14.2. The lowest BCUT2D eigenvalue weighted by atomic mass is 9.92. The van der Waals surface area contributed by atoms with Crippen LogP contribution in [0.2, 0.25) is 5.02 Å². The molecule has 1 amide bonds. The largest absolute Gasteiger partial charge is 0.465 e. The van der Waals surface area contributed by atoms with Gasteiger partial charge in [-0.3, -0.25) is 9.59 Å². The molecule has 0 aromatic heterocycles. The van der Waals surface area contributed by atoms with Gasteiger partial charge in [-0.2, -0.15) is 0 Å². The maximum absolute atomic E-state index is 14.2. The highest BCUT2D eigenvalue weighted by atomic mass is 35.5. The normalized spacial score (nSPS) is 12.6. The number of rotatable bonds is 8. The minimum atomic E-state index is -0.608. The summed E-state index contributed by atoms with van der Waals surface area (Å²) in [6.07, 6.45) is 1.55. The van der Waals surface area contributed by atoms with Crippen molar-refractivity contribution in [3.63, 3.8) is 0 Å². The van der Waals surface area contributed by atoms with Crippen LogP contribution in [-0.4, -0.2) is 23.7 Å². The first kappa shape index (κ1) is 22.8. The first-order valence-corrected chi connectivity index (χ1v) is 9.95. The molecule has 26 heavy (non-hydrogen) atoms. The third-order valence-electron chi connectivity index (χ3n) is 3.34. The van der Waals surface area contributed by atoms with Gasteiger partial charge in [0.1, 0.15) is 11.1 Å². The number of thioether (sulfide) groups is 1. The van der Waals surface area contributed by atoms with Crippen LogP contribution in [0, 0.1) is 11.2 Å². The van der Waals surface area contributed by atoms with E-state index in [2.05, 4.69) is 5.32 Å². The highest BCUT2D eigenvalue weighted by Gasteiger charge is 2.23. The Bertz CT molecular complexity index is 646. The fourth-order valence-corrected chi connectivity index (χ4v) is 3.42. The number of halogens is 2. The van der Waals surface area contributed by atoms with Crippen LogP contribution >= 0.6 is 23.4 Å². The zero-order valence-electron chi connectivity index (χ0n) is 15.9. The summed E-state index contributed by atoms with van der Waals surface area (Å²) < 4.78 is 19.4. The fraction of sp³-hybridized carbons (Fsp3) is 0.579. The van der Waals surface area contributed by atoms with E-state index in [1.807, 2.05) is 34.6 Å². The van der Waals surface area contributed by atoms with Crippen molar-refractivity contribution in [1.29, 1.82) is 0 Å². The summed E-state index contributed by atoms with van der Waals surface area (Å²) in [5, 5.41) is 2.34. The molecule has 0 saturated carbocycles. The van der Waals surface area contributed by atoms with E-state index < -0.39 is 11.1 Å². The molecule has 0 aliphatic heterocycles. The van der Waals surface area contributed by atoms with Gasteiger partial charge in [-0.15, -0.1) is 11.8 Å². The topological polar surface area (TPSA) is 55.4 Å². The Hall–Kier alpha value is -1.27. The maximum Gasteiger partial charge on any atom is 0.319 e. The third kappa shape index (κ3) is 7.54. The molecule has 0 bridgehead atoms. The second-order valence-electron chi connectivity index (χ2n) is 7.23. The Labute approximate surface area is 164 Å². The molecule has 0 spiro atoms. The third-order valence-corrected chi connectivity index (χ3v) is 5.16. The summed E-state index contributed by atoms with van der Waals surface area (Å²) in [6.45, 7) is 9.94. The predicted molar refractivity (Wildman–Crippen MR) is 105 cm³/mol. The van der Waals surface area contributed by atoms with Crippen molar-refractivity contribution >= 4 is 40.9 Å². The number of carbonyl (C=O) groups excluding carboxylic acids is 2. The minimum absolute atomic E-state index is 0.0583. The molecule has 0 aliphatic carbocycles. The number of esters is 1. The van der Waals surface area contributed by atoms with Crippen molar-refractivity contribution in [3.8, 4) is 0 Å². The van der Waals surface area contributed by atoms with E-state index in [1.54, 1.807) is 0 Å². The first-order chi connectivity index (χ1) is 12.1. The summed E-state index contributed by atoms with van der Waals surface area (Å²) >= 11 is 7.34. The molecule has 0 fully saturated rings. The molecule has 0 heterocycles. The molecule has 1 atom stereocenters. The van der Waals surface area contributed by atoms with Crippen LogP contribution in [0.4, 0.5) is 10.1 Å². The van der Waals surface area contributed by atoms with E-state index in [9.17, 15) is 14.0 Å². The van der Waals surface area contributed by atoms with Gasteiger partial charge in [0, 0.05) is 11.3 Å². The molecule has 7 heteroatoms. The van der Waals surface area contributed by atoms with E-state index >= 15 is 0 Å². The molecule has 146 valence electrons. The summed E-state index contributed by atoms with van der Waals surface area (Å²) in [6, 6.07) is 2.62. The predicted octanol–water partition coefficient (Wildman–Crippen LogP) is 5.68. The van der Waals surface area contributed by atoms with Crippen LogP contribution < -0.4 is 5.32 Å². The molecule has 0 saturated heterocycles. The Morgan fingerprint density at radius 2 is 1.96 bits per heavy atom. The quantitative estimate of drug-likeness (QED) is 0.448. The van der Waals surface area contributed by atoms with Gasteiger partial charge in [0.25, 0.3) is 0 Å². The summed E-state index contributed by atoms with van der Waals surface area (Å²) in [5.41, 5.74) is -0.149. The molecule has 0 radical (unpaired) electrons. The molecule has 4 nitrogen and oxygen atoms in total. The van der Waals surface area contributed by atoms with Gasteiger partial charge in [-0.25, -0.2) is 4.39 Å². The van der Waals surface area contributed by atoms with Crippen molar-refractivity contribution in [3.05, 3.63) is 23.0 Å². The number of anilines is 1. The smallest absolute Gasteiger partial charge is 0.319 e. The second-order valence-corrected chi connectivity index (χ2v) is 8.88. The van der Waals surface area contributed by atoms with Crippen molar-refractivity contribution in [1.82, 2.24) is 0 Å². The van der Waals surface area contributed by atoms with Gasteiger partial charge in [0.2, 0.25) is 5.91 Å². The van der Waals surface area contributed by atoms with Crippen LogP contribution in [0.15, 0.2) is 17.0 Å². The number of hydrogen-bond donors (Lipinski definition) is 1. The van der Waals surface area contributed by atoms with E-state index in [0.29, 0.717) is 17.9 Å². The summed E-state index contributed by atoms with van der Waals surface area (Å²) in [7, 11) is 0. The van der Waals surface area contributed by atoms with Crippen LogP contribution in [-0.2, 0) is 14.3 Å². The summed E-state index contributed by atoms with van der Waals surface area (Å²) in [5.74, 6) is -1.20. The summed E-state index contributed by atoms with van der Waals surface area (Å²) in [4.78, 5) is 24.7. The van der Waals surface area contributed by atoms with Gasteiger partial charge < -0.3 is 10.1 Å². The number of amides is 1. The van der Waals surface area contributed by atoms with E-state index in [4.69, 9.17) is 16.3 Å². The lowest BCUT2D eigenvalue weighted by Gasteiger charge is -2.18. The molecule has 1 aromatic rings. The van der Waals surface area contributed by atoms with E-state index in [1.165, 1.54) is 17.8 Å². The number of nitrogens with one attached hydrogen (secondary N) is 1. The Kier molecular flexibility index (Phi) is 8.90. The van der Waals surface area contributed by atoms with Gasteiger partial charge in [0.15, 0.2) is 0 Å².